The van der Waals surface area contributed by atoms with Crippen molar-refractivity contribution in [2.45, 2.75) is 58.5 Å². The summed E-state index contributed by atoms with van der Waals surface area (Å²) >= 11 is 0. The van der Waals surface area contributed by atoms with Crippen molar-refractivity contribution in [2.75, 3.05) is 38.0 Å². The summed E-state index contributed by atoms with van der Waals surface area (Å²) in [5, 5.41) is 9.67. The number of ether oxygens (including phenoxy) is 1. The van der Waals surface area contributed by atoms with Gasteiger partial charge >= 0.3 is 6.09 Å². The molecule has 1 saturated heterocycles. The summed E-state index contributed by atoms with van der Waals surface area (Å²) in [5.41, 5.74) is 1.59. The maximum absolute atomic E-state index is 12.2. The summed E-state index contributed by atoms with van der Waals surface area (Å²) < 4.78 is 5.48. The van der Waals surface area contributed by atoms with Gasteiger partial charge in [-0.05, 0) is 58.1 Å². The summed E-state index contributed by atoms with van der Waals surface area (Å²) in [6.45, 7) is 11.2. The molecule has 1 fully saturated rings. The standard InChI is InChI=1S/C24H37N5O3.HI/c1-5-25-22(27-16-18-14-21(30)28-20-9-7-6-8-19(18)20)26-15-17-10-12-29(13-11-17)23(31)32-24(2,3)4;/h6-9,17-18H,5,10-16H2,1-4H3,(H,28,30)(H2,25,26,27);1H. The Morgan fingerprint density at radius 2 is 1.91 bits per heavy atom. The largest absolute Gasteiger partial charge is 0.444 e. The van der Waals surface area contributed by atoms with Crippen LogP contribution in [-0.4, -0.2) is 61.2 Å². The number of guanidine groups is 1. The van der Waals surface area contributed by atoms with Crippen LogP contribution in [0.1, 0.15) is 58.4 Å². The van der Waals surface area contributed by atoms with Gasteiger partial charge in [0.05, 0.1) is 0 Å². The van der Waals surface area contributed by atoms with Crippen molar-refractivity contribution in [1.29, 1.82) is 0 Å². The highest BCUT2D eigenvalue weighted by molar-refractivity contribution is 14.0. The Morgan fingerprint density at radius 1 is 1.21 bits per heavy atom. The molecule has 0 radical (unpaired) electrons. The van der Waals surface area contributed by atoms with Crippen molar-refractivity contribution in [3.8, 4) is 0 Å². The molecule has 0 bridgehead atoms. The number of nitrogens with one attached hydrogen (secondary N) is 3. The Balaban J connectivity index is 0.00000385. The molecule has 8 nitrogen and oxygen atoms in total. The number of halogens is 1. The number of carbonyl (C=O) groups is 2. The van der Waals surface area contributed by atoms with E-state index in [1.165, 1.54) is 0 Å². The zero-order valence-electron chi connectivity index (χ0n) is 20.1. The fourth-order valence-electron chi connectivity index (χ4n) is 4.09. The van der Waals surface area contributed by atoms with Gasteiger partial charge in [-0.15, -0.1) is 24.0 Å². The number of hydrogen-bond donors (Lipinski definition) is 3. The number of nitrogens with zero attached hydrogens (tertiary/aromatic N) is 2. The van der Waals surface area contributed by atoms with Gasteiger partial charge in [-0.1, -0.05) is 18.2 Å². The van der Waals surface area contributed by atoms with E-state index < -0.39 is 5.60 Å². The molecule has 0 aliphatic carbocycles. The van der Waals surface area contributed by atoms with Crippen molar-refractivity contribution in [3.05, 3.63) is 29.8 Å². The molecule has 0 spiro atoms. The first-order valence-electron chi connectivity index (χ1n) is 11.6. The lowest BCUT2D eigenvalue weighted by Crippen LogP contribution is -2.43. The van der Waals surface area contributed by atoms with E-state index in [1.54, 1.807) is 4.90 Å². The normalized spacial score (nSPS) is 19.2. The summed E-state index contributed by atoms with van der Waals surface area (Å²) in [4.78, 5) is 30.9. The number of likely N-dealkylation sites (tertiary alicyclic amines) is 1. The van der Waals surface area contributed by atoms with Crippen LogP contribution in [0.2, 0.25) is 0 Å². The average molecular weight is 572 g/mol. The minimum atomic E-state index is -0.468. The van der Waals surface area contributed by atoms with E-state index in [9.17, 15) is 9.59 Å². The van der Waals surface area contributed by atoms with Crippen molar-refractivity contribution in [3.63, 3.8) is 0 Å². The van der Waals surface area contributed by atoms with Crippen LogP contribution in [-0.2, 0) is 9.53 Å². The van der Waals surface area contributed by atoms with Gasteiger partial charge in [0, 0.05) is 50.7 Å². The smallest absolute Gasteiger partial charge is 0.410 e. The second-order valence-electron chi connectivity index (χ2n) is 9.55. The number of para-hydroxylation sites is 1. The third-order valence-corrected chi connectivity index (χ3v) is 5.74. The molecule has 2 amide bonds. The predicted octanol–water partition coefficient (Wildman–Crippen LogP) is 3.93. The first kappa shape index (κ1) is 27.2. The zero-order chi connectivity index (χ0) is 23.1. The van der Waals surface area contributed by atoms with Crippen LogP contribution >= 0.6 is 24.0 Å². The van der Waals surface area contributed by atoms with Crippen LogP contribution in [0.25, 0.3) is 0 Å². The van der Waals surface area contributed by atoms with Crippen LogP contribution in [0, 0.1) is 5.92 Å². The lowest BCUT2D eigenvalue weighted by Gasteiger charge is -2.33. The fraction of sp³-hybridized carbons (Fsp3) is 0.625. The van der Waals surface area contributed by atoms with E-state index in [4.69, 9.17) is 9.73 Å². The molecule has 1 aromatic carbocycles. The molecule has 184 valence electrons. The predicted molar refractivity (Wildman–Crippen MR) is 142 cm³/mol. The number of anilines is 1. The molecule has 3 rings (SSSR count). The second-order valence-corrected chi connectivity index (χ2v) is 9.55. The Labute approximate surface area is 214 Å². The molecular formula is C24H38IN5O3. The maximum Gasteiger partial charge on any atom is 0.410 e. The van der Waals surface area contributed by atoms with Crippen LogP contribution in [0.3, 0.4) is 0 Å². The Kier molecular flexibility index (Phi) is 10.2. The monoisotopic (exact) mass is 571 g/mol. The van der Waals surface area contributed by atoms with Crippen molar-refractivity contribution in [2.24, 2.45) is 10.9 Å². The second kappa shape index (κ2) is 12.4. The number of aliphatic imine (C=N–C) groups is 1. The number of fused-ring (bicyclic) bond motifs is 1. The third-order valence-electron chi connectivity index (χ3n) is 5.74. The number of rotatable bonds is 5. The van der Waals surface area contributed by atoms with Crippen molar-refractivity contribution in [1.82, 2.24) is 15.5 Å². The Bertz CT molecular complexity index is 832. The van der Waals surface area contributed by atoms with Gasteiger partial charge in [-0.3, -0.25) is 9.79 Å². The molecule has 0 saturated carbocycles. The Hall–Kier alpha value is -2.04. The molecule has 0 aromatic heterocycles. The topological polar surface area (TPSA) is 95.1 Å². The van der Waals surface area contributed by atoms with Gasteiger partial charge in [0.15, 0.2) is 5.96 Å². The average Bonchev–Trinajstić information content (AvgIpc) is 2.74. The first-order chi connectivity index (χ1) is 15.2. The fourth-order valence-corrected chi connectivity index (χ4v) is 4.09. The highest BCUT2D eigenvalue weighted by Gasteiger charge is 2.27. The molecule has 3 N–H and O–H groups in total. The van der Waals surface area contributed by atoms with Crippen molar-refractivity contribution >= 4 is 47.6 Å². The quantitative estimate of drug-likeness (QED) is 0.283. The highest BCUT2D eigenvalue weighted by Crippen LogP contribution is 2.31. The lowest BCUT2D eigenvalue weighted by molar-refractivity contribution is -0.116. The number of hydrogen-bond acceptors (Lipinski definition) is 4. The number of carbonyl (C=O) groups excluding carboxylic acids is 2. The van der Waals surface area contributed by atoms with Crippen LogP contribution in [0.15, 0.2) is 29.3 Å². The van der Waals surface area contributed by atoms with E-state index in [0.29, 0.717) is 38.5 Å². The molecule has 1 aromatic rings. The molecule has 2 aliphatic heterocycles. The summed E-state index contributed by atoms with van der Waals surface area (Å²) in [7, 11) is 0. The highest BCUT2D eigenvalue weighted by atomic mass is 127. The van der Waals surface area contributed by atoms with Gasteiger partial charge in [-0.2, -0.15) is 0 Å². The minimum absolute atomic E-state index is 0. The molecule has 2 aliphatic rings. The summed E-state index contributed by atoms with van der Waals surface area (Å²) in [6.07, 6.45) is 2.06. The summed E-state index contributed by atoms with van der Waals surface area (Å²) in [5.74, 6) is 1.37. The maximum atomic E-state index is 12.2. The number of piperidine rings is 1. The number of amides is 2. The lowest BCUT2D eigenvalue weighted by atomic mass is 9.90. The molecule has 9 heteroatoms. The minimum Gasteiger partial charge on any atom is -0.444 e. The molecule has 1 atom stereocenters. The summed E-state index contributed by atoms with van der Waals surface area (Å²) in [6, 6.07) is 7.97. The number of benzene rings is 1. The van der Waals surface area contributed by atoms with E-state index in [1.807, 2.05) is 45.9 Å². The molecular weight excluding hydrogens is 533 g/mol. The van der Waals surface area contributed by atoms with Crippen molar-refractivity contribution < 1.29 is 14.3 Å². The van der Waals surface area contributed by atoms with Gasteiger partial charge in [-0.25, -0.2) is 4.79 Å². The zero-order valence-corrected chi connectivity index (χ0v) is 22.5. The first-order valence-corrected chi connectivity index (χ1v) is 11.6. The van der Waals surface area contributed by atoms with Crippen LogP contribution in [0.4, 0.5) is 10.5 Å². The van der Waals surface area contributed by atoms with Gasteiger partial charge in [0.1, 0.15) is 5.60 Å². The molecule has 33 heavy (non-hydrogen) atoms. The van der Waals surface area contributed by atoms with Gasteiger partial charge < -0.3 is 25.6 Å². The SMILES string of the molecule is CCNC(=NCC1CCN(C(=O)OC(C)(C)C)CC1)NCC1CC(=O)Nc2ccccc21.I. The van der Waals surface area contributed by atoms with E-state index in [2.05, 4.69) is 22.0 Å². The van der Waals surface area contributed by atoms with Gasteiger partial charge in [0.2, 0.25) is 5.91 Å². The van der Waals surface area contributed by atoms with E-state index >= 15 is 0 Å². The molecule has 2 heterocycles. The van der Waals surface area contributed by atoms with E-state index in [0.717, 1.165) is 36.6 Å². The van der Waals surface area contributed by atoms with Gasteiger partial charge in [0.25, 0.3) is 0 Å². The van der Waals surface area contributed by atoms with Crippen LogP contribution in [0.5, 0.6) is 0 Å². The van der Waals surface area contributed by atoms with Crippen LogP contribution < -0.4 is 16.0 Å². The Morgan fingerprint density at radius 3 is 2.58 bits per heavy atom. The van der Waals surface area contributed by atoms with E-state index in [-0.39, 0.29) is 41.9 Å². The molecule has 1 unspecified atom stereocenters. The third kappa shape index (κ3) is 8.35.